The first-order valence-corrected chi connectivity index (χ1v) is 10.2. The van der Waals surface area contributed by atoms with Crippen LogP contribution in [0.2, 0.25) is 0 Å². The van der Waals surface area contributed by atoms with Crippen molar-refractivity contribution in [2.75, 3.05) is 30.3 Å². The van der Waals surface area contributed by atoms with Gasteiger partial charge in [-0.1, -0.05) is 13.8 Å². The predicted molar refractivity (Wildman–Crippen MR) is 82.5 cm³/mol. The number of carbonyl (C=O) groups is 1. The highest BCUT2D eigenvalue weighted by Crippen LogP contribution is 2.25. The molecule has 2 saturated heterocycles. The van der Waals surface area contributed by atoms with Crippen LogP contribution >= 0.6 is 11.8 Å². The van der Waals surface area contributed by atoms with Crippen molar-refractivity contribution in [1.29, 1.82) is 0 Å². The fourth-order valence-electron chi connectivity index (χ4n) is 2.88. The molecule has 2 heterocycles. The van der Waals surface area contributed by atoms with Crippen molar-refractivity contribution in [3.05, 3.63) is 0 Å². The van der Waals surface area contributed by atoms with Crippen LogP contribution in [0.15, 0.2) is 0 Å². The van der Waals surface area contributed by atoms with Crippen molar-refractivity contribution in [3.63, 3.8) is 0 Å². The summed E-state index contributed by atoms with van der Waals surface area (Å²) in [4.78, 5) is 14.3. The summed E-state index contributed by atoms with van der Waals surface area (Å²) in [6.07, 6.45) is 2.11. The molecule has 3 atom stereocenters. The van der Waals surface area contributed by atoms with Crippen LogP contribution in [0.4, 0.5) is 0 Å². The maximum absolute atomic E-state index is 12.7. The molecule has 0 aromatic carbocycles. The van der Waals surface area contributed by atoms with Crippen LogP contribution in [0.25, 0.3) is 0 Å². The first-order chi connectivity index (χ1) is 9.47. The standard InChI is InChI=1S/C13H24N2O3S2/c1-3-20(17,18)11-9-19-8-7-15(11)13(16)12-10(2)5-4-6-14-12/h10-12,14H,3-9H2,1-2H3. The van der Waals surface area contributed by atoms with Crippen LogP contribution in [0.3, 0.4) is 0 Å². The van der Waals surface area contributed by atoms with E-state index in [-0.39, 0.29) is 23.6 Å². The number of sulfone groups is 1. The second-order valence-corrected chi connectivity index (χ2v) is 9.16. The van der Waals surface area contributed by atoms with Crippen LogP contribution in [0.5, 0.6) is 0 Å². The molecule has 20 heavy (non-hydrogen) atoms. The van der Waals surface area contributed by atoms with Gasteiger partial charge in [0.05, 0.1) is 6.04 Å². The lowest BCUT2D eigenvalue weighted by Gasteiger charge is -2.39. The van der Waals surface area contributed by atoms with Crippen molar-refractivity contribution < 1.29 is 13.2 Å². The highest BCUT2D eigenvalue weighted by Gasteiger charge is 2.40. The molecule has 2 fully saturated rings. The Morgan fingerprint density at radius 1 is 1.45 bits per heavy atom. The van der Waals surface area contributed by atoms with Gasteiger partial charge >= 0.3 is 0 Å². The minimum atomic E-state index is -3.22. The Hall–Kier alpha value is -0.270. The first kappa shape index (κ1) is 16.1. The minimum absolute atomic E-state index is 0.0282. The third-order valence-electron chi connectivity index (χ3n) is 4.22. The Labute approximate surface area is 125 Å². The third kappa shape index (κ3) is 3.31. The first-order valence-electron chi connectivity index (χ1n) is 7.30. The van der Waals surface area contributed by atoms with Crippen molar-refractivity contribution >= 4 is 27.5 Å². The number of nitrogens with zero attached hydrogens (tertiary/aromatic N) is 1. The van der Waals surface area contributed by atoms with E-state index in [1.165, 1.54) is 0 Å². The minimum Gasteiger partial charge on any atom is -0.323 e. The lowest BCUT2D eigenvalue weighted by Crippen LogP contribution is -2.58. The lowest BCUT2D eigenvalue weighted by atomic mass is 9.92. The van der Waals surface area contributed by atoms with Crippen molar-refractivity contribution in [1.82, 2.24) is 10.2 Å². The maximum Gasteiger partial charge on any atom is 0.241 e. The summed E-state index contributed by atoms with van der Waals surface area (Å²) in [5.74, 6) is 1.66. The number of hydrogen-bond acceptors (Lipinski definition) is 5. The highest BCUT2D eigenvalue weighted by atomic mass is 32.2. The Bertz CT molecular complexity index is 453. The molecule has 116 valence electrons. The highest BCUT2D eigenvalue weighted by molar-refractivity contribution is 8.01. The normalized spacial score (nSPS) is 32.1. The molecule has 0 radical (unpaired) electrons. The molecule has 0 aliphatic carbocycles. The summed E-state index contributed by atoms with van der Waals surface area (Å²) < 4.78 is 24.4. The Balaban J connectivity index is 2.17. The van der Waals surface area contributed by atoms with E-state index >= 15 is 0 Å². The van der Waals surface area contributed by atoms with E-state index in [4.69, 9.17) is 0 Å². The molecule has 7 heteroatoms. The quantitative estimate of drug-likeness (QED) is 0.830. The molecule has 0 saturated carbocycles. The fourth-order valence-corrected chi connectivity index (χ4v) is 5.86. The summed E-state index contributed by atoms with van der Waals surface area (Å²) in [5.41, 5.74) is 0. The maximum atomic E-state index is 12.7. The Morgan fingerprint density at radius 3 is 2.85 bits per heavy atom. The summed E-state index contributed by atoms with van der Waals surface area (Å²) in [5, 5.41) is 2.62. The molecular weight excluding hydrogens is 296 g/mol. The monoisotopic (exact) mass is 320 g/mol. The number of piperidine rings is 1. The van der Waals surface area contributed by atoms with Gasteiger partial charge in [-0.2, -0.15) is 11.8 Å². The van der Waals surface area contributed by atoms with Crippen LogP contribution in [-0.2, 0) is 14.6 Å². The van der Waals surface area contributed by atoms with Crippen LogP contribution in [0, 0.1) is 5.92 Å². The van der Waals surface area contributed by atoms with Gasteiger partial charge in [0, 0.05) is 23.8 Å². The van der Waals surface area contributed by atoms with E-state index < -0.39 is 15.2 Å². The molecule has 2 rings (SSSR count). The smallest absolute Gasteiger partial charge is 0.241 e. The van der Waals surface area contributed by atoms with Crippen molar-refractivity contribution in [3.8, 4) is 0 Å². The van der Waals surface area contributed by atoms with Gasteiger partial charge < -0.3 is 10.2 Å². The zero-order valence-electron chi connectivity index (χ0n) is 12.2. The van der Waals surface area contributed by atoms with E-state index in [0.29, 0.717) is 12.3 Å². The molecular formula is C13H24N2O3S2. The molecule has 2 aliphatic rings. The predicted octanol–water partition coefficient (Wildman–Crippen LogP) is 0.711. The fraction of sp³-hybridized carbons (Fsp3) is 0.923. The lowest BCUT2D eigenvalue weighted by molar-refractivity contribution is -0.135. The zero-order valence-corrected chi connectivity index (χ0v) is 13.8. The van der Waals surface area contributed by atoms with Gasteiger partial charge in [0.2, 0.25) is 5.91 Å². The molecule has 5 nitrogen and oxygen atoms in total. The number of amides is 1. The average Bonchev–Trinajstić information content (AvgIpc) is 2.47. The number of thioether (sulfide) groups is 1. The molecule has 1 amide bonds. The Kier molecular flexibility index (Phi) is 5.36. The van der Waals surface area contributed by atoms with E-state index in [0.717, 1.165) is 25.1 Å². The summed E-state index contributed by atoms with van der Waals surface area (Å²) in [6, 6.07) is -0.221. The van der Waals surface area contributed by atoms with Gasteiger partial charge in [-0.3, -0.25) is 4.79 Å². The van der Waals surface area contributed by atoms with Crippen LogP contribution in [0.1, 0.15) is 26.7 Å². The van der Waals surface area contributed by atoms with E-state index in [9.17, 15) is 13.2 Å². The van der Waals surface area contributed by atoms with Crippen LogP contribution in [-0.4, -0.2) is 61.0 Å². The second kappa shape index (κ2) is 6.66. The summed E-state index contributed by atoms with van der Waals surface area (Å²) >= 11 is 1.62. The van der Waals surface area contributed by atoms with Crippen molar-refractivity contribution in [2.45, 2.75) is 38.1 Å². The van der Waals surface area contributed by atoms with Gasteiger partial charge in [0.15, 0.2) is 9.84 Å². The SMILES string of the molecule is CCS(=O)(=O)C1CSCCN1C(=O)C1NCCCC1C. The Morgan fingerprint density at radius 2 is 2.20 bits per heavy atom. The molecule has 1 N–H and O–H groups in total. The third-order valence-corrected chi connectivity index (χ3v) is 7.51. The average molecular weight is 320 g/mol. The van der Waals surface area contributed by atoms with Crippen molar-refractivity contribution in [2.24, 2.45) is 5.92 Å². The van der Waals surface area contributed by atoms with Gasteiger partial charge in [-0.15, -0.1) is 0 Å². The molecule has 2 aliphatic heterocycles. The van der Waals surface area contributed by atoms with Gasteiger partial charge in [-0.25, -0.2) is 8.42 Å². The molecule has 0 bridgehead atoms. The number of rotatable bonds is 3. The van der Waals surface area contributed by atoms with Gasteiger partial charge in [-0.05, 0) is 25.3 Å². The van der Waals surface area contributed by atoms with E-state index in [2.05, 4.69) is 12.2 Å². The number of carbonyl (C=O) groups excluding carboxylic acids is 1. The summed E-state index contributed by atoms with van der Waals surface area (Å²) in [7, 11) is -3.22. The van der Waals surface area contributed by atoms with E-state index in [1.807, 2.05) is 0 Å². The number of nitrogens with one attached hydrogen (secondary N) is 1. The van der Waals surface area contributed by atoms with E-state index in [1.54, 1.807) is 23.6 Å². The topological polar surface area (TPSA) is 66.5 Å². The largest absolute Gasteiger partial charge is 0.323 e. The summed E-state index contributed by atoms with van der Waals surface area (Å²) in [6.45, 7) is 5.10. The van der Waals surface area contributed by atoms with Crippen LogP contribution < -0.4 is 5.32 Å². The zero-order chi connectivity index (χ0) is 14.8. The molecule has 0 aromatic heterocycles. The molecule has 3 unspecified atom stereocenters. The molecule has 0 spiro atoms. The number of hydrogen-bond donors (Lipinski definition) is 1. The second-order valence-electron chi connectivity index (χ2n) is 5.56. The van der Waals surface area contributed by atoms with Gasteiger partial charge in [0.25, 0.3) is 0 Å². The molecule has 0 aromatic rings. The van der Waals surface area contributed by atoms with Gasteiger partial charge in [0.1, 0.15) is 5.37 Å².